The fraction of sp³-hybridized carbons (Fsp3) is 0.316. The Bertz CT molecular complexity index is 1050. The lowest BCUT2D eigenvalue weighted by Crippen LogP contribution is -2.21. The maximum absolute atomic E-state index is 12.1. The summed E-state index contributed by atoms with van der Waals surface area (Å²) in [7, 11) is 0. The summed E-state index contributed by atoms with van der Waals surface area (Å²) in [5, 5.41) is 6.87. The lowest BCUT2D eigenvalue weighted by atomic mass is 10.1. The molecule has 146 valence electrons. The number of esters is 1. The molecule has 0 aliphatic carbocycles. The van der Waals surface area contributed by atoms with Gasteiger partial charge >= 0.3 is 5.97 Å². The minimum absolute atomic E-state index is 0.147. The number of fused-ring (bicyclic) bond motifs is 1. The molecular weight excluding hydrogens is 426 g/mol. The molecule has 0 atom stereocenters. The Hall–Kier alpha value is -2.81. The van der Waals surface area contributed by atoms with Gasteiger partial charge in [0.15, 0.2) is 6.61 Å². The molecule has 9 heteroatoms. The summed E-state index contributed by atoms with van der Waals surface area (Å²) in [6.07, 6.45) is 2.04. The topological polar surface area (TPSA) is 98.5 Å². The van der Waals surface area contributed by atoms with Crippen molar-refractivity contribution in [1.82, 2.24) is 19.6 Å². The maximum Gasteiger partial charge on any atom is 0.306 e. The Kier molecular flexibility index (Phi) is 6.03. The van der Waals surface area contributed by atoms with Crippen LogP contribution in [0.5, 0.6) is 0 Å². The lowest BCUT2D eigenvalue weighted by Gasteiger charge is -2.11. The van der Waals surface area contributed by atoms with Gasteiger partial charge < -0.3 is 10.1 Å². The van der Waals surface area contributed by atoms with Crippen LogP contribution in [0, 0.1) is 20.8 Å². The van der Waals surface area contributed by atoms with Crippen LogP contribution in [0.4, 0.5) is 5.69 Å². The van der Waals surface area contributed by atoms with Gasteiger partial charge in [0.1, 0.15) is 6.33 Å². The number of amides is 1. The van der Waals surface area contributed by atoms with Crippen LogP contribution in [-0.4, -0.2) is 38.1 Å². The van der Waals surface area contributed by atoms with Gasteiger partial charge in [-0.1, -0.05) is 15.9 Å². The first-order valence-corrected chi connectivity index (χ1v) is 9.52. The average molecular weight is 446 g/mol. The lowest BCUT2D eigenvalue weighted by molar-refractivity contribution is -0.147. The highest BCUT2D eigenvalue weighted by Crippen LogP contribution is 2.20. The number of aromatic nitrogens is 4. The number of carbonyl (C=O) groups is 2. The van der Waals surface area contributed by atoms with Gasteiger partial charge in [0.25, 0.3) is 11.7 Å². The summed E-state index contributed by atoms with van der Waals surface area (Å²) in [6.45, 7) is 5.34. The molecule has 3 rings (SSSR count). The van der Waals surface area contributed by atoms with Gasteiger partial charge in [0, 0.05) is 28.0 Å². The van der Waals surface area contributed by atoms with Crippen molar-refractivity contribution in [2.24, 2.45) is 0 Å². The number of anilines is 1. The Labute approximate surface area is 170 Å². The van der Waals surface area contributed by atoms with E-state index in [-0.39, 0.29) is 18.9 Å². The zero-order valence-corrected chi connectivity index (χ0v) is 17.4. The van der Waals surface area contributed by atoms with Crippen LogP contribution in [-0.2, 0) is 20.7 Å². The predicted molar refractivity (Wildman–Crippen MR) is 107 cm³/mol. The summed E-state index contributed by atoms with van der Waals surface area (Å²) in [5.74, 6) is -0.293. The molecule has 3 aromatic rings. The van der Waals surface area contributed by atoms with E-state index in [2.05, 4.69) is 36.3 Å². The molecule has 0 radical (unpaired) electrons. The van der Waals surface area contributed by atoms with Crippen LogP contribution < -0.4 is 5.32 Å². The third-order valence-corrected chi connectivity index (χ3v) is 4.89. The third kappa shape index (κ3) is 4.53. The second-order valence-corrected chi connectivity index (χ2v) is 7.32. The summed E-state index contributed by atoms with van der Waals surface area (Å²) in [5.41, 5.74) is 4.20. The van der Waals surface area contributed by atoms with Crippen LogP contribution in [0.25, 0.3) is 5.78 Å². The van der Waals surface area contributed by atoms with Gasteiger partial charge in [-0.3, -0.25) is 9.59 Å². The number of carbonyl (C=O) groups excluding carboxylic acids is 2. The number of nitrogens with one attached hydrogen (secondary N) is 1. The quantitative estimate of drug-likeness (QED) is 0.585. The summed E-state index contributed by atoms with van der Waals surface area (Å²) < 4.78 is 7.67. The van der Waals surface area contributed by atoms with E-state index in [1.54, 1.807) is 10.6 Å². The molecule has 0 unspecified atom stereocenters. The minimum Gasteiger partial charge on any atom is -0.456 e. The van der Waals surface area contributed by atoms with Crippen LogP contribution >= 0.6 is 15.9 Å². The van der Waals surface area contributed by atoms with Crippen molar-refractivity contribution in [3.63, 3.8) is 0 Å². The fourth-order valence-corrected chi connectivity index (χ4v) is 3.39. The number of hydrogen-bond acceptors (Lipinski definition) is 6. The summed E-state index contributed by atoms with van der Waals surface area (Å²) >= 11 is 3.37. The fourth-order valence-electron chi connectivity index (χ4n) is 2.92. The summed E-state index contributed by atoms with van der Waals surface area (Å²) in [4.78, 5) is 32.5. The van der Waals surface area contributed by atoms with Gasteiger partial charge in [-0.2, -0.15) is 10.1 Å². The molecule has 1 N–H and O–H groups in total. The Morgan fingerprint density at radius 1 is 1.25 bits per heavy atom. The van der Waals surface area contributed by atoms with Crippen LogP contribution in [0.1, 0.15) is 28.9 Å². The van der Waals surface area contributed by atoms with E-state index in [4.69, 9.17) is 4.74 Å². The Morgan fingerprint density at radius 2 is 2.04 bits per heavy atom. The van der Waals surface area contributed by atoms with Crippen molar-refractivity contribution in [2.45, 2.75) is 33.6 Å². The van der Waals surface area contributed by atoms with Crippen molar-refractivity contribution in [1.29, 1.82) is 0 Å². The molecule has 0 aliphatic heterocycles. The van der Waals surface area contributed by atoms with E-state index in [0.29, 0.717) is 17.9 Å². The normalized spacial score (nSPS) is 10.9. The average Bonchev–Trinajstić information content (AvgIpc) is 3.10. The molecule has 1 aromatic carbocycles. The zero-order valence-electron chi connectivity index (χ0n) is 15.8. The molecule has 8 nitrogen and oxygen atoms in total. The molecule has 28 heavy (non-hydrogen) atoms. The van der Waals surface area contributed by atoms with E-state index in [9.17, 15) is 9.59 Å². The van der Waals surface area contributed by atoms with Crippen molar-refractivity contribution in [3.8, 4) is 0 Å². The molecule has 0 aliphatic rings. The number of hydrogen-bond donors (Lipinski definition) is 1. The van der Waals surface area contributed by atoms with E-state index in [1.807, 2.05) is 32.9 Å². The first kappa shape index (κ1) is 19.9. The van der Waals surface area contributed by atoms with Crippen LogP contribution in [0.2, 0.25) is 0 Å². The van der Waals surface area contributed by atoms with Gasteiger partial charge in [-0.05, 0) is 56.5 Å². The van der Waals surface area contributed by atoms with Gasteiger partial charge in [-0.15, -0.1) is 0 Å². The Morgan fingerprint density at radius 3 is 2.79 bits per heavy atom. The first-order valence-electron chi connectivity index (χ1n) is 8.72. The molecule has 0 saturated heterocycles. The minimum atomic E-state index is -0.444. The second kappa shape index (κ2) is 8.47. The van der Waals surface area contributed by atoms with E-state index in [1.165, 1.54) is 6.33 Å². The largest absolute Gasteiger partial charge is 0.456 e. The standard InChI is InChI=1S/C19H20BrN5O3/c1-11-8-14(20)4-6-16(11)24-17(26)9-28-18(27)7-5-15-12(2)23-19-21-10-22-25(19)13(15)3/h4,6,8,10H,5,7,9H2,1-3H3,(H,24,26). The molecule has 2 aromatic heterocycles. The SMILES string of the molecule is Cc1cc(Br)ccc1NC(=O)COC(=O)CCc1c(C)nc2ncnn2c1C. The molecular formula is C19H20BrN5O3. The summed E-state index contributed by atoms with van der Waals surface area (Å²) in [6, 6.07) is 5.52. The number of rotatable bonds is 6. The molecule has 2 heterocycles. The van der Waals surface area contributed by atoms with Crippen molar-refractivity contribution < 1.29 is 14.3 Å². The number of nitrogens with zero attached hydrogens (tertiary/aromatic N) is 4. The number of aryl methyl sites for hydroxylation is 3. The number of benzene rings is 1. The molecule has 0 fully saturated rings. The highest BCUT2D eigenvalue weighted by Gasteiger charge is 2.14. The van der Waals surface area contributed by atoms with Crippen LogP contribution in [0.3, 0.4) is 0 Å². The number of ether oxygens (including phenoxy) is 1. The van der Waals surface area contributed by atoms with Crippen molar-refractivity contribution in [3.05, 3.63) is 51.5 Å². The molecule has 0 saturated carbocycles. The van der Waals surface area contributed by atoms with E-state index in [0.717, 1.165) is 27.0 Å². The second-order valence-electron chi connectivity index (χ2n) is 6.40. The van der Waals surface area contributed by atoms with Gasteiger partial charge in [0.05, 0.1) is 0 Å². The molecule has 0 bridgehead atoms. The third-order valence-electron chi connectivity index (χ3n) is 4.39. The Balaban J connectivity index is 1.53. The predicted octanol–water partition coefficient (Wildman–Crippen LogP) is 2.93. The van der Waals surface area contributed by atoms with E-state index >= 15 is 0 Å². The van der Waals surface area contributed by atoms with E-state index < -0.39 is 5.97 Å². The smallest absolute Gasteiger partial charge is 0.306 e. The highest BCUT2D eigenvalue weighted by atomic mass is 79.9. The van der Waals surface area contributed by atoms with Gasteiger partial charge in [0.2, 0.25) is 0 Å². The first-order chi connectivity index (χ1) is 13.3. The molecule has 0 spiro atoms. The van der Waals surface area contributed by atoms with Crippen molar-refractivity contribution >= 4 is 39.3 Å². The zero-order chi connectivity index (χ0) is 20.3. The monoisotopic (exact) mass is 445 g/mol. The van der Waals surface area contributed by atoms with Gasteiger partial charge in [-0.25, -0.2) is 9.50 Å². The highest BCUT2D eigenvalue weighted by molar-refractivity contribution is 9.10. The van der Waals surface area contributed by atoms with Crippen molar-refractivity contribution in [2.75, 3.05) is 11.9 Å². The van der Waals surface area contributed by atoms with Crippen LogP contribution in [0.15, 0.2) is 29.0 Å². The number of halogens is 1. The molecule has 1 amide bonds. The maximum atomic E-state index is 12.1.